The van der Waals surface area contributed by atoms with Crippen LogP contribution in [0.2, 0.25) is 0 Å². The first-order chi connectivity index (χ1) is 16.9. The van der Waals surface area contributed by atoms with Gasteiger partial charge in [0.15, 0.2) is 16.7 Å². The van der Waals surface area contributed by atoms with Crippen molar-refractivity contribution in [2.24, 2.45) is 0 Å². The highest BCUT2D eigenvalue weighted by molar-refractivity contribution is 7.71. The second kappa shape index (κ2) is 12.6. The molecule has 0 aliphatic heterocycles. The summed E-state index contributed by atoms with van der Waals surface area (Å²) < 4.78 is 18.6. The normalized spacial score (nSPS) is 11.4. The van der Waals surface area contributed by atoms with E-state index in [0.717, 1.165) is 11.3 Å². The largest absolute Gasteiger partial charge is 0.494 e. The lowest BCUT2D eigenvalue weighted by Gasteiger charge is -2.15. The van der Waals surface area contributed by atoms with Crippen molar-refractivity contribution >= 4 is 24.0 Å². The summed E-state index contributed by atoms with van der Waals surface area (Å²) in [4.78, 5) is 24.6. The average Bonchev–Trinajstić information content (AvgIpc) is 3.23. The fourth-order valence-electron chi connectivity index (χ4n) is 3.16. The fourth-order valence-corrected chi connectivity index (χ4v) is 3.38. The molecule has 2 aromatic carbocycles. The molecule has 0 aliphatic carbocycles. The number of H-pyrrole nitrogens is 1. The summed E-state index contributed by atoms with van der Waals surface area (Å²) in [5.41, 5.74) is 5.62. The maximum atomic E-state index is 12.3. The van der Waals surface area contributed by atoms with Crippen LogP contribution in [0.5, 0.6) is 17.2 Å². The van der Waals surface area contributed by atoms with Crippen LogP contribution >= 0.6 is 12.2 Å². The van der Waals surface area contributed by atoms with Crippen LogP contribution in [0.25, 0.3) is 11.4 Å². The Morgan fingerprint density at radius 3 is 2.14 bits per heavy atom. The second-order valence-corrected chi connectivity index (χ2v) is 7.80. The van der Waals surface area contributed by atoms with E-state index in [1.165, 1.54) is 0 Å². The van der Waals surface area contributed by atoms with Crippen LogP contribution in [-0.4, -0.2) is 45.9 Å². The van der Waals surface area contributed by atoms with Crippen molar-refractivity contribution in [2.45, 2.75) is 39.8 Å². The number of amides is 2. The molecule has 35 heavy (non-hydrogen) atoms. The number of carbonyl (C=O) groups excluding carboxylic acids is 2. The van der Waals surface area contributed by atoms with Gasteiger partial charge in [-0.3, -0.25) is 30.1 Å². The van der Waals surface area contributed by atoms with Gasteiger partial charge in [0.25, 0.3) is 5.91 Å². The zero-order valence-corrected chi connectivity index (χ0v) is 20.7. The summed E-state index contributed by atoms with van der Waals surface area (Å²) in [6.07, 6.45) is -0.742. The molecule has 1 heterocycles. The van der Waals surface area contributed by atoms with Gasteiger partial charge in [-0.25, -0.2) is 0 Å². The number of carbonyl (C=O) groups is 2. The van der Waals surface area contributed by atoms with Gasteiger partial charge in [-0.2, -0.15) is 5.10 Å². The molecule has 0 saturated heterocycles. The van der Waals surface area contributed by atoms with E-state index in [2.05, 4.69) is 21.0 Å². The smallest absolute Gasteiger partial charge is 0.279 e. The van der Waals surface area contributed by atoms with Gasteiger partial charge in [-0.1, -0.05) is 0 Å². The number of rotatable bonds is 11. The monoisotopic (exact) mass is 499 g/mol. The quantitative estimate of drug-likeness (QED) is 0.273. The predicted molar refractivity (Wildman–Crippen MR) is 133 cm³/mol. The molecule has 1 aromatic heterocycles. The summed E-state index contributed by atoms with van der Waals surface area (Å²) in [6.45, 7) is 6.83. The van der Waals surface area contributed by atoms with E-state index in [9.17, 15) is 9.59 Å². The molecule has 0 spiro atoms. The lowest BCUT2D eigenvalue weighted by atomic mass is 10.2. The van der Waals surface area contributed by atoms with Gasteiger partial charge in [-0.15, -0.1) is 0 Å². The van der Waals surface area contributed by atoms with Crippen molar-refractivity contribution in [1.82, 2.24) is 25.6 Å². The first-order valence-electron chi connectivity index (χ1n) is 11.3. The zero-order chi connectivity index (χ0) is 25.2. The average molecular weight is 500 g/mol. The van der Waals surface area contributed by atoms with E-state index in [4.69, 9.17) is 26.4 Å². The van der Waals surface area contributed by atoms with Gasteiger partial charge in [0.1, 0.15) is 17.2 Å². The summed E-state index contributed by atoms with van der Waals surface area (Å²) >= 11 is 5.31. The summed E-state index contributed by atoms with van der Waals surface area (Å²) in [7, 11) is 0. The SMILES string of the molecule is CCOc1ccc(OC(C)C(=O)NNC(=O)CCn2c(-c3ccc(OCC)cc3)n[nH]c2=S)cc1. The maximum absolute atomic E-state index is 12.3. The molecular weight excluding hydrogens is 470 g/mol. The molecule has 0 aliphatic rings. The van der Waals surface area contributed by atoms with Crippen molar-refractivity contribution in [3.05, 3.63) is 53.3 Å². The molecule has 0 fully saturated rings. The molecule has 0 saturated carbocycles. The highest BCUT2D eigenvalue weighted by Gasteiger charge is 2.16. The van der Waals surface area contributed by atoms with Crippen molar-refractivity contribution < 1.29 is 23.8 Å². The first kappa shape index (κ1) is 25.8. The van der Waals surface area contributed by atoms with Crippen molar-refractivity contribution in [2.75, 3.05) is 13.2 Å². The lowest BCUT2D eigenvalue weighted by molar-refractivity contribution is -0.132. The van der Waals surface area contributed by atoms with E-state index in [0.29, 0.717) is 35.3 Å². The number of aromatic nitrogens is 3. The minimum absolute atomic E-state index is 0.0757. The second-order valence-electron chi connectivity index (χ2n) is 7.41. The number of hydrazine groups is 1. The molecule has 1 atom stereocenters. The van der Waals surface area contributed by atoms with Crippen molar-refractivity contribution in [3.63, 3.8) is 0 Å². The number of nitrogens with zero attached hydrogens (tertiary/aromatic N) is 2. The number of ether oxygens (including phenoxy) is 3. The number of hydrogen-bond acceptors (Lipinski definition) is 7. The lowest BCUT2D eigenvalue weighted by Crippen LogP contribution is -2.47. The molecular formula is C24H29N5O5S. The highest BCUT2D eigenvalue weighted by Crippen LogP contribution is 2.21. The Morgan fingerprint density at radius 1 is 0.971 bits per heavy atom. The summed E-state index contributed by atoms with van der Waals surface area (Å²) in [5.74, 6) is 1.72. The first-order valence-corrected chi connectivity index (χ1v) is 11.7. The van der Waals surface area contributed by atoms with Crippen LogP contribution in [-0.2, 0) is 16.1 Å². The van der Waals surface area contributed by atoms with Gasteiger partial charge in [0.05, 0.1) is 13.2 Å². The Hall–Kier alpha value is -3.86. The molecule has 0 radical (unpaired) electrons. The molecule has 3 aromatic rings. The Morgan fingerprint density at radius 2 is 1.54 bits per heavy atom. The molecule has 2 amide bonds. The Kier molecular flexibility index (Phi) is 9.24. The Bertz CT molecular complexity index is 1170. The van der Waals surface area contributed by atoms with Crippen LogP contribution in [0.15, 0.2) is 48.5 Å². The van der Waals surface area contributed by atoms with Crippen LogP contribution in [0.3, 0.4) is 0 Å². The van der Waals surface area contributed by atoms with Crippen LogP contribution in [0.1, 0.15) is 27.2 Å². The number of aromatic amines is 1. The molecule has 3 N–H and O–H groups in total. The fraction of sp³-hybridized carbons (Fsp3) is 0.333. The number of benzene rings is 2. The number of hydrogen-bond donors (Lipinski definition) is 3. The minimum Gasteiger partial charge on any atom is -0.494 e. The third-order valence-electron chi connectivity index (χ3n) is 4.89. The van der Waals surface area contributed by atoms with E-state index >= 15 is 0 Å². The maximum Gasteiger partial charge on any atom is 0.279 e. The van der Waals surface area contributed by atoms with E-state index in [1.807, 2.05) is 38.1 Å². The number of nitrogens with one attached hydrogen (secondary N) is 3. The molecule has 10 nitrogen and oxygen atoms in total. The van der Waals surface area contributed by atoms with Gasteiger partial charge >= 0.3 is 0 Å². The van der Waals surface area contributed by atoms with Crippen LogP contribution in [0, 0.1) is 4.77 Å². The Labute approximate surface area is 208 Å². The van der Waals surface area contributed by atoms with Crippen LogP contribution in [0.4, 0.5) is 0 Å². The zero-order valence-electron chi connectivity index (χ0n) is 19.9. The highest BCUT2D eigenvalue weighted by atomic mass is 32.1. The van der Waals surface area contributed by atoms with Crippen molar-refractivity contribution in [1.29, 1.82) is 0 Å². The third-order valence-corrected chi connectivity index (χ3v) is 5.20. The van der Waals surface area contributed by atoms with Gasteiger partial charge in [0.2, 0.25) is 5.91 Å². The van der Waals surface area contributed by atoms with Crippen LogP contribution < -0.4 is 25.1 Å². The summed E-state index contributed by atoms with van der Waals surface area (Å²) in [6, 6.07) is 14.4. The van der Waals surface area contributed by atoms with Gasteiger partial charge in [0, 0.05) is 18.5 Å². The predicted octanol–water partition coefficient (Wildman–Crippen LogP) is 3.41. The third kappa shape index (κ3) is 7.31. The Balaban J connectivity index is 1.49. The van der Waals surface area contributed by atoms with E-state index in [-0.39, 0.29) is 18.9 Å². The molecule has 186 valence electrons. The molecule has 11 heteroatoms. The van der Waals surface area contributed by atoms with Gasteiger partial charge < -0.3 is 14.2 Å². The molecule has 3 rings (SSSR count). The van der Waals surface area contributed by atoms with E-state index < -0.39 is 12.0 Å². The molecule has 0 bridgehead atoms. The minimum atomic E-state index is -0.818. The van der Waals surface area contributed by atoms with Gasteiger partial charge in [-0.05, 0) is 81.5 Å². The molecule has 1 unspecified atom stereocenters. The van der Waals surface area contributed by atoms with E-state index in [1.54, 1.807) is 35.8 Å². The standard InChI is InChI=1S/C24H29N5O5S/c1-4-32-18-8-6-17(7-9-18)22-26-28-24(35)29(22)15-14-21(30)25-27-23(31)16(3)34-20-12-10-19(11-13-20)33-5-2/h6-13,16H,4-5,14-15H2,1-3H3,(H,25,30)(H,27,31)(H,28,35). The summed E-state index contributed by atoms with van der Waals surface area (Å²) in [5, 5.41) is 7.03. The topological polar surface area (TPSA) is 120 Å². The van der Waals surface area contributed by atoms with Crippen molar-refractivity contribution in [3.8, 4) is 28.6 Å².